The summed E-state index contributed by atoms with van der Waals surface area (Å²) in [5.41, 5.74) is 1.81. The minimum Gasteiger partial charge on any atom is -0.477 e. The summed E-state index contributed by atoms with van der Waals surface area (Å²) in [6, 6.07) is 9.50. The molecular formula is C19H19FN4O2. The number of pyridine rings is 1. The quantitative estimate of drug-likeness (QED) is 0.708. The molecule has 0 atom stereocenters. The second kappa shape index (κ2) is 8.24. The lowest BCUT2D eigenvalue weighted by atomic mass is 10.2. The third-order valence-corrected chi connectivity index (χ3v) is 3.71. The number of amides is 1. The maximum absolute atomic E-state index is 13.1. The van der Waals surface area contributed by atoms with Gasteiger partial charge in [0.2, 0.25) is 5.88 Å². The van der Waals surface area contributed by atoms with E-state index in [1.165, 1.54) is 24.7 Å². The fraction of sp³-hybridized carbons (Fsp3) is 0.211. The molecule has 0 unspecified atom stereocenters. The number of imidazole rings is 1. The minimum absolute atomic E-state index is 0.278. The fourth-order valence-electron chi connectivity index (χ4n) is 2.42. The van der Waals surface area contributed by atoms with Crippen molar-refractivity contribution in [1.82, 2.24) is 19.9 Å². The summed E-state index contributed by atoms with van der Waals surface area (Å²) in [4.78, 5) is 20.8. The number of hydrogen-bond acceptors (Lipinski definition) is 4. The number of hydrogen-bond donors (Lipinski definition) is 1. The van der Waals surface area contributed by atoms with Gasteiger partial charge in [-0.1, -0.05) is 13.0 Å². The van der Waals surface area contributed by atoms with E-state index in [0.29, 0.717) is 23.9 Å². The highest BCUT2D eigenvalue weighted by molar-refractivity contribution is 5.93. The van der Waals surface area contributed by atoms with Crippen LogP contribution >= 0.6 is 0 Å². The monoisotopic (exact) mass is 354 g/mol. The van der Waals surface area contributed by atoms with Crippen molar-refractivity contribution in [3.05, 3.63) is 72.2 Å². The van der Waals surface area contributed by atoms with Crippen LogP contribution in [-0.4, -0.2) is 27.0 Å². The minimum atomic E-state index is -0.337. The van der Waals surface area contributed by atoms with Gasteiger partial charge in [-0.2, -0.15) is 0 Å². The van der Waals surface area contributed by atoms with Gasteiger partial charge in [0.05, 0.1) is 19.1 Å². The Morgan fingerprint density at radius 3 is 2.85 bits per heavy atom. The number of carbonyl (C=O) groups is 1. The maximum Gasteiger partial charge on any atom is 0.270 e. The Morgan fingerprint density at radius 2 is 2.08 bits per heavy atom. The molecule has 0 aliphatic rings. The molecular weight excluding hydrogens is 335 g/mol. The number of nitrogens with zero attached hydrogens (tertiary/aromatic N) is 3. The molecule has 134 valence electrons. The van der Waals surface area contributed by atoms with E-state index in [9.17, 15) is 9.18 Å². The predicted octanol–water partition coefficient (Wildman–Crippen LogP) is 3.13. The number of rotatable bonds is 7. The van der Waals surface area contributed by atoms with E-state index in [1.807, 2.05) is 13.0 Å². The Labute approximate surface area is 150 Å². The lowest BCUT2D eigenvalue weighted by Gasteiger charge is -2.11. The van der Waals surface area contributed by atoms with Crippen LogP contribution in [0.25, 0.3) is 5.69 Å². The van der Waals surface area contributed by atoms with Crippen molar-refractivity contribution in [3.8, 4) is 11.6 Å². The molecule has 1 amide bonds. The van der Waals surface area contributed by atoms with Crippen LogP contribution in [0.5, 0.6) is 5.88 Å². The van der Waals surface area contributed by atoms with E-state index >= 15 is 0 Å². The molecule has 0 aliphatic carbocycles. The van der Waals surface area contributed by atoms with Crippen LogP contribution in [0, 0.1) is 5.82 Å². The molecule has 0 fully saturated rings. The van der Waals surface area contributed by atoms with Crippen molar-refractivity contribution in [3.63, 3.8) is 0 Å². The van der Waals surface area contributed by atoms with Gasteiger partial charge in [0.15, 0.2) is 0 Å². The van der Waals surface area contributed by atoms with Gasteiger partial charge in [-0.3, -0.25) is 9.36 Å². The number of carbonyl (C=O) groups excluding carboxylic acids is 1. The van der Waals surface area contributed by atoms with Crippen LogP contribution in [0.1, 0.15) is 29.4 Å². The van der Waals surface area contributed by atoms with Gasteiger partial charge in [-0.05, 0) is 36.8 Å². The Morgan fingerprint density at radius 1 is 1.27 bits per heavy atom. The predicted molar refractivity (Wildman–Crippen MR) is 94.7 cm³/mol. The van der Waals surface area contributed by atoms with Gasteiger partial charge in [-0.15, -0.1) is 0 Å². The molecule has 6 nitrogen and oxygen atoms in total. The van der Waals surface area contributed by atoms with E-state index in [4.69, 9.17) is 4.74 Å². The Hall–Kier alpha value is -3.22. The number of aromatic nitrogens is 3. The van der Waals surface area contributed by atoms with Crippen LogP contribution in [0.2, 0.25) is 0 Å². The summed E-state index contributed by atoms with van der Waals surface area (Å²) in [7, 11) is 0. The number of benzene rings is 1. The summed E-state index contributed by atoms with van der Waals surface area (Å²) in [6.07, 6.45) is 5.51. The normalized spacial score (nSPS) is 10.5. The second-order valence-electron chi connectivity index (χ2n) is 5.62. The lowest BCUT2D eigenvalue weighted by molar-refractivity contribution is 0.0943. The number of halogens is 1. The highest BCUT2D eigenvalue weighted by Crippen LogP contribution is 2.15. The molecule has 3 rings (SSSR count). The zero-order valence-corrected chi connectivity index (χ0v) is 14.4. The molecule has 0 saturated heterocycles. The van der Waals surface area contributed by atoms with E-state index < -0.39 is 0 Å². The third-order valence-electron chi connectivity index (χ3n) is 3.71. The van der Waals surface area contributed by atoms with Gasteiger partial charge < -0.3 is 10.1 Å². The van der Waals surface area contributed by atoms with Crippen molar-refractivity contribution in [2.45, 2.75) is 19.9 Å². The number of ether oxygens (including phenoxy) is 1. The zero-order valence-electron chi connectivity index (χ0n) is 14.4. The molecule has 26 heavy (non-hydrogen) atoms. The summed E-state index contributed by atoms with van der Waals surface area (Å²) < 4.78 is 20.3. The molecule has 1 aromatic carbocycles. The first-order valence-electron chi connectivity index (χ1n) is 8.32. The topological polar surface area (TPSA) is 69.0 Å². The van der Waals surface area contributed by atoms with Crippen molar-refractivity contribution in [1.29, 1.82) is 0 Å². The summed E-state index contributed by atoms with van der Waals surface area (Å²) >= 11 is 0. The third kappa shape index (κ3) is 4.05. The Kier molecular flexibility index (Phi) is 5.58. The fourth-order valence-corrected chi connectivity index (χ4v) is 2.42. The highest BCUT2D eigenvalue weighted by atomic mass is 19.1. The van der Waals surface area contributed by atoms with Crippen molar-refractivity contribution in [2.75, 3.05) is 6.61 Å². The lowest BCUT2D eigenvalue weighted by Crippen LogP contribution is -2.25. The SMILES string of the molecule is CCCOc1ncccc1CNC(=O)c1cncn1-c1ccc(F)cc1. The van der Waals surface area contributed by atoms with Crippen LogP contribution in [0.3, 0.4) is 0 Å². The van der Waals surface area contributed by atoms with Crippen LogP contribution in [0.4, 0.5) is 4.39 Å². The van der Waals surface area contributed by atoms with Gasteiger partial charge in [0.1, 0.15) is 11.5 Å². The number of nitrogens with one attached hydrogen (secondary N) is 1. The van der Waals surface area contributed by atoms with Crippen LogP contribution < -0.4 is 10.1 Å². The molecule has 0 aliphatic heterocycles. The molecule has 0 radical (unpaired) electrons. The first-order chi connectivity index (χ1) is 12.7. The molecule has 0 saturated carbocycles. The summed E-state index contributed by atoms with van der Waals surface area (Å²) in [5.74, 6) is -0.116. The van der Waals surface area contributed by atoms with E-state index in [-0.39, 0.29) is 18.3 Å². The van der Waals surface area contributed by atoms with E-state index in [2.05, 4.69) is 15.3 Å². The Bertz CT molecular complexity index is 877. The molecule has 2 aromatic heterocycles. The van der Waals surface area contributed by atoms with Crippen LogP contribution in [-0.2, 0) is 6.54 Å². The Balaban J connectivity index is 1.72. The smallest absolute Gasteiger partial charge is 0.270 e. The molecule has 3 aromatic rings. The first kappa shape index (κ1) is 17.6. The zero-order chi connectivity index (χ0) is 18.4. The van der Waals surface area contributed by atoms with Crippen molar-refractivity contribution in [2.24, 2.45) is 0 Å². The summed E-state index contributed by atoms with van der Waals surface area (Å²) in [5, 5.41) is 2.85. The van der Waals surface area contributed by atoms with Crippen LogP contribution in [0.15, 0.2) is 55.1 Å². The van der Waals surface area contributed by atoms with E-state index in [0.717, 1.165) is 12.0 Å². The van der Waals surface area contributed by atoms with Gasteiger partial charge in [0.25, 0.3) is 5.91 Å². The largest absolute Gasteiger partial charge is 0.477 e. The summed E-state index contributed by atoms with van der Waals surface area (Å²) in [6.45, 7) is 2.86. The van der Waals surface area contributed by atoms with Crippen molar-refractivity contribution >= 4 is 5.91 Å². The average Bonchev–Trinajstić information content (AvgIpc) is 3.15. The van der Waals surface area contributed by atoms with Crippen molar-refractivity contribution < 1.29 is 13.9 Å². The molecule has 0 bridgehead atoms. The first-order valence-corrected chi connectivity index (χ1v) is 8.32. The standard InChI is InChI=1S/C19H19FN4O2/c1-2-10-26-19-14(4-3-9-22-19)11-23-18(25)17-12-21-13-24(17)16-7-5-15(20)6-8-16/h3-9,12-13H,2,10-11H2,1H3,(H,23,25). The second-order valence-corrected chi connectivity index (χ2v) is 5.62. The van der Waals surface area contributed by atoms with E-state index in [1.54, 1.807) is 29.0 Å². The molecule has 0 spiro atoms. The molecule has 7 heteroatoms. The molecule has 2 heterocycles. The van der Waals surface area contributed by atoms with Gasteiger partial charge in [0, 0.05) is 24.0 Å². The average molecular weight is 354 g/mol. The highest BCUT2D eigenvalue weighted by Gasteiger charge is 2.14. The maximum atomic E-state index is 13.1. The van der Waals surface area contributed by atoms with Gasteiger partial charge >= 0.3 is 0 Å². The molecule has 1 N–H and O–H groups in total. The van der Waals surface area contributed by atoms with Gasteiger partial charge in [-0.25, -0.2) is 14.4 Å².